The van der Waals surface area contributed by atoms with Gasteiger partial charge in [0.1, 0.15) is 0 Å². The number of halogens is 9. The smallest absolute Gasteiger partial charge is 0.262 e. The Morgan fingerprint density at radius 2 is 0.857 bits per heavy atom. The van der Waals surface area contributed by atoms with E-state index in [1.807, 2.05) is 0 Å². The molecule has 0 aliphatic carbocycles. The molecular weight excluding hydrogens is 493 g/mol. The quantitative estimate of drug-likeness (QED) is 0.259. The lowest BCUT2D eigenvalue weighted by molar-refractivity contribution is -0.0565. The van der Waals surface area contributed by atoms with E-state index in [1.54, 1.807) is 0 Å². The molecule has 0 rings (SSSR count). The summed E-state index contributed by atoms with van der Waals surface area (Å²) in [6.45, 7) is -7.18. The summed E-state index contributed by atoms with van der Waals surface area (Å²) in [5.74, 6) is 0. The maximum atomic E-state index is 12.5. The first kappa shape index (κ1) is 27.1. The van der Waals surface area contributed by atoms with Gasteiger partial charge in [-0.2, -0.15) is 60.7 Å². The zero-order valence-corrected chi connectivity index (χ0v) is 15.1. The number of rotatable bonds is 9. The zero-order chi connectivity index (χ0) is 22.8. The standard InChI is InChI=1S/C7H8F9NO8S3/c8-5(9,10)26(18,19)17(1-3-24-27(20,21)6(11,12)13)2-4-25-28(22,23)7(14,15)16/h1-4H2. The lowest BCUT2D eigenvalue weighted by Gasteiger charge is -2.23. The van der Waals surface area contributed by atoms with Crippen molar-refractivity contribution >= 4 is 30.3 Å². The van der Waals surface area contributed by atoms with E-state index >= 15 is 0 Å². The molecule has 0 aromatic rings. The molecule has 0 spiro atoms. The highest BCUT2D eigenvalue weighted by Gasteiger charge is 2.51. The van der Waals surface area contributed by atoms with Crippen LogP contribution in [0.1, 0.15) is 0 Å². The molecule has 21 heteroatoms. The van der Waals surface area contributed by atoms with Crippen molar-refractivity contribution in [2.24, 2.45) is 0 Å². The molecule has 0 aliphatic rings. The molecule has 0 saturated carbocycles. The number of alkyl halides is 9. The van der Waals surface area contributed by atoms with Gasteiger partial charge in [-0.25, -0.2) is 8.42 Å². The fourth-order valence-corrected chi connectivity index (χ4v) is 2.91. The number of nitrogens with zero attached hydrogens (tertiary/aromatic N) is 1. The van der Waals surface area contributed by atoms with Gasteiger partial charge in [-0.1, -0.05) is 0 Å². The van der Waals surface area contributed by atoms with Crippen molar-refractivity contribution < 1.29 is 73.1 Å². The Bertz CT molecular complexity index is 790. The minimum absolute atomic E-state index is 0.870. The van der Waals surface area contributed by atoms with Crippen molar-refractivity contribution in [1.82, 2.24) is 4.31 Å². The van der Waals surface area contributed by atoms with Crippen molar-refractivity contribution in [3.8, 4) is 0 Å². The molecule has 0 fully saturated rings. The highest BCUT2D eigenvalue weighted by molar-refractivity contribution is 7.90. The molecule has 0 aliphatic heterocycles. The summed E-state index contributed by atoms with van der Waals surface area (Å²) in [5.41, 5.74) is -18.1. The molecule has 170 valence electrons. The molecule has 0 N–H and O–H groups in total. The zero-order valence-electron chi connectivity index (χ0n) is 12.7. The molecule has 0 saturated heterocycles. The first-order chi connectivity index (χ1) is 12.1. The van der Waals surface area contributed by atoms with Crippen LogP contribution in [0.15, 0.2) is 0 Å². The molecule has 0 aromatic heterocycles. The van der Waals surface area contributed by atoms with E-state index in [-0.39, 0.29) is 0 Å². The molecule has 9 nitrogen and oxygen atoms in total. The lowest BCUT2D eigenvalue weighted by atomic mass is 10.6. The maximum Gasteiger partial charge on any atom is 0.523 e. The second-order valence-corrected chi connectivity index (χ2v) is 9.44. The lowest BCUT2D eigenvalue weighted by Crippen LogP contribution is -2.44. The minimum atomic E-state index is -6.42. The molecule has 28 heavy (non-hydrogen) atoms. The van der Waals surface area contributed by atoms with Gasteiger partial charge in [0, 0.05) is 13.1 Å². The Morgan fingerprint density at radius 1 is 0.571 bits per heavy atom. The van der Waals surface area contributed by atoms with Crippen molar-refractivity contribution in [3.63, 3.8) is 0 Å². The molecule has 0 aromatic carbocycles. The van der Waals surface area contributed by atoms with Crippen LogP contribution in [0.25, 0.3) is 0 Å². The topological polar surface area (TPSA) is 124 Å². The van der Waals surface area contributed by atoms with Crippen LogP contribution in [0.5, 0.6) is 0 Å². The van der Waals surface area contributed by atoms with Crippen molar-refractivity contribution in [2.75, 3.05) is 26.3 Å². The average Bonchev–Trinajstić information content (AvgIpc) is 2.41. The highest BCUT2D eigenvalue weighted by Crippen LogP contribution is 2.28. The van der Waals surface area contributed by atoms with Crippen LogP contribution in [-0.4, -0.2) is 72.4 Å². The van der Waals surface area contributed by atoms with Gasteiger partial charge in [-0.05, 0) is 0 Å². The Hall–Kier alpha value is -0.900. The van der Waals surface area contributed by atoms with Crippen LogP contribution in [0, 0.1) is 0 Å². The fraction of sp³-hybridized carbons (Fsp3) is 1.00. The van der Waals surface area contributed by atoms with E-state index in [4.69, 9.17) is 0 Å². The third-order valence-corrected chi connectivity index (χ3v) is 6.08. The Labute approximate surface area is 151 Å². The summed E-state index contributed by atoms with van der Waals surface area (Å²) in [6.07, 6.45) is 0. The van der Waals surface area contributed by atoms with Crippen LogP contribution in [0.3, 0.4) is 0 Å². The second-order valence-electron chi connectivity index (χ2n) is 4.29. The highest BCUT2D eigenvalue weighted by atomic mass is 32.2. The number of hydrogen-bond acceptors (Lipinski definition) is 8. The van der Waals surface area contributed by atoms with Crippen LogP contribution in [-0.2, 0) is 38.6 Å². The molecule has 0 bridgehead atoms. The van der Waals surface area contributed by atoms with Gasteiger partial charge in [0.25, 0.3) is 0 Å². The van der Waals surface area contributed by atoms with Gasteiger partial charge in [-0.3, -0.25) is 8.37 Å². The van der Waals surface area contributed by atoms with E-state index in [2.05, 4.69) is 8.37 Å². The van der Waals surface area contributed by atoms with Crippen molar-refractivity contribution in [1.29, 1.82) is 0 Å². The second kappa shape index (κ2) is 8.45. The summed E-state index contributed by atoms with van der Waals surface area (Å²) in [6, 6.07) is 0. The summed E-state index contributed by atoms with van der Waals surface area (Å²) < 4.78 is 180. The first-order valence-corrected chi connectivity index (χ1v) is 10.3. The predicted octanol–water partition coefficient (Wildman–Crippen LogP) is 0.870. The van der Waals surface area contributed by atoms with Crippen LogP contribution < -0.4 is 0 Å². The van der Waals surface area contributed by atoms with Gasteiger partial charge >= 0.3 is 46.8 Å². The third-order valence-electron chi connectivity index (χ3n) is 2.36. The fourth-order valence-electron chi connectivity index (χ4n) is 1.13. The van der Waals surface area contributed by atoms with E-state index in [0.29, 0.717) is 0 Å². The van der Waals surface area contributed by atoms with Gasteiger partial charge in [0.05, 0.1) is 13.2 Å². The third kappa shape index (κ3) is 6.86. The first-order valence-electron chi connectivity index (χ1n) is 6.04. The normalized spacial score (nSPS) is 15.2. The van der Waals surface area contributed by atoms with Crippen LogP contribution in [0.2, 0.25) is 0 Å². The molecule has 0 unspecified atom stereocenters. The van der Waals surface area contributed by atoms with Crippen molar-refractivity contribution in [2.45, 2.75) is 16.5 Å². The summed E-state index contributed by atoms with van der Waals surface area (Å²) in [7, 11) is -19.1. The molecule has 0 amide bonds. The Balaban J connectivity index is 5.33. The molecular formula is C7H8F9NO8S3. The summed E-state index contributed by atoms with van der Waals surface area (Å²) in [4.78, 5) is 0. The Morgan fingerprint density at radius 3 is 1.07 bits per heavy atom. The van der Waals surface area contributed by atoms with E-state index in [9.17, 15) is 64.8 Å². The Kier molecular flexibility index (Phi) is 8.18. The van der Waals surface area contributed by atoms with Crippen LogP contribution in [0.4, 0.5) is 39.5 Å². The average molecular weight is 501 g/mol. The number of sulfonamides is 1. The van der Waals surface area contributed by atoms with Gasteiger partial charge < -0.3 is 0 Å². The minimum Gasteiger partial charge on any atom is -0.262 e. The largest absolute Gasteiger partial charge is 0.523 e. The molecule has 0 radical (unpaired) electrons. The van der Waals surface area contributed by atoms with E-state index in [0.717, 1.165) is 0 Å². The SMILES string of the molecule is O=S(=O)(OCCN(CCOS(=O)(=O)C(F)(F)F)S(=O)(=O)C(F)(F)F)C(F)(F)F. The number of hydrogen-bond donors (Lipinski definition) is 0. The van der Waals surface area contributed by atoms with Crippen molar-refractivity contribution in [3.05, 3.63) is 0 Å². The monoisotopic (exact) mass is 501 g/mol. The maximum absolute atomic E-state index is 12.5. The predicted molar refractivity (Wildman–Crippen MR) is 68.4 cm³/mol. The summed E-state index contributed by atoms with van der Waals surface area (Å²) in [5, 5.41) is 0. The molecule has 0 atom stereocenters. The van der Waals surface area contributed by atoms with E-state index in [1.165, 1.54) is 0 Å². The van der Waals surface area contributed by atoms with E-state index < -0.39 is 77.4 Å². The summed E-state index contributed by atoms with van der Waals surface area (Å²) >= 11 is 0. The van der Waals surface area contributed by atoms with Crippen LogP contribution >= 0.6 is 0 Å². The van der Waals surface area contributed by atoms with Gasteiger partial charge in [0.15, 0.2) is 0 Å². The van der Waals surface area contributed by atoms with Gasteiger partial charge in [-0.15, -0.1) is 0 Å². The van der Waals surface area contributed by atoms with Gasteiger partial charge in [0.2, 0.25) is 0 Å². The molecule has 0 heterocycles.